The molecule has 0 radical (unpaired) electrons. The van der Waals surface area contributed by atoms with Gasteiger partial charge in [-0.3, -0.25) is 0 Å². The van der Waals surface area contributed by atoms with Crippen LogP contribution in [0.4, 0.5) is 0 Å². The average Bonchev–Trinajstić information content (AvgIpc) is 2.48. The molecule has 0 saturated carbocycles. The molecule has 7 heteroatoms. The lowest BCUT2D eigenvalue weighted by molar-refractivity contribution is 0.583. The number of hydrogen-bond donors (Lipinski definition) is 1. The van der Waals surface area contributed by atoms with Crippen LogP contribution in [-0.2, 0) is 10.0 Å². The van der Waals surface area contributed by atoms with Crippen LogP contribution in [0.5, 0.6) is 0 Å². The quantitative estimate of drug-likeness (QED) is 0.486. The zero-order valence-electron chi connectivity index (χ0n) is 8.09. The van der Waals surface area contributed by atoms with Gasteiger partial charge in [0.1, 0.15) is 4.21 Å². The van der Waals surface area contributed by atoms with Crippen LogP contribution in [0, 0.1) is 6.92 Å². The number of nitrogens with one attached hydrogen (secondary N) is 1. The van der Waals surface area contributed by atoms with E-state index in [0.717, 1.165) is 27.7 Å². The molecule has 86 valence electrons. The van der Waals surface area contributed by atoms with E-state index in [0.29, 0.717) is 15.1 Å². The third-order valence-electron chi connectivity index (χ3n) is 1.70. The third-order valence-corrected chi connectivity index (χ3v) is 5.95. The third kappa shape index (κ3) is 3.85. The van der Waals surface area contributed by atoms with Crippen LogP contribution in [0.25, 0.3) is 0 Å². The topological polar surface area (TPSA) is 46.2 Å². The van der Waals surface area contributed by atoms with Crippen molar-refractivity contribution in [2.75, 3.05) is 11.0 Å². The second-order valence-corrected chi connectivity index (χ2v) is 7.69. The number of alkyl halides is 1. The maximum atomic E-state index is 11.7. The largest absolute Gasteiger partial charge is 0.250 e. The molecular formula is C8H11ClINO2S2. The average molecular weight is 380 g/mol. The van der Waals surface area contributed by atoms with Crippen LogP contribution in [0.3, 0.4) is 0 Å². The summed E-state index contributed by atoms with van der Waals surface area (Å²) in [4.78, 5) is 0. The Hall–Kier alpha value is 0.630. The van der Waals surface area contributed by atoms with Gasteiger partial charge in [0.15, 0.2) is 0 Å². The van der Waals surface area contributed by atoms with Crippen molar-refractivity contribution in [3.8, 4) is 0 Å². The van der Waals surface area contributed by atoms with Gasteiger partial charge in [-0.15, -0.1) is 11.3 Å². The molecule has 0 fully saturated rings. The van der Waals surface area contributed by atoms with Gasteiger partial charge in [-0.05, 0) is 25.0 Å². The van der Waals surface area contributed by atoms with E-state index in [1.165, 1.54) is 0 Å². The molecule has 3 nitrogen and oxygen atoms in total. The fraction of sp³-hybridized carbons (Fsp3) is 0.500. The summed E-state index contributed by atoms with van der Waals surface area (Å²) in [5, 5.41) is 0. The normalized spacial score (nSPS) is 11.9. The monoisotopic (exact) mass is 379 g/mol. The molecule has 1 aromatic heterocycles. The first-order chi connectivity index (χ1) is 6.97. The molecule has 0 aliphatic carbocycles. The van der Waals surface area contributed by atoms with E-state index in [-0.39, 0.29) is 0 Å². The van der Waals surface area contributed by atoms with Crippen LogP contribution in [0.2, 0.25) is 4.34 Å². The molecule has 15 heavy (non-hydrogen) atoms. The maximum absolute atomic E-state index is 11.7. The number of hydrogen-bond acceptors (Lipinski definition) is 3. The van der Waals surface area contributed by atoms with Crippen molar-refractivity contribution in [3.63, 3.8) is 0 Å². The SMILES string of the molecule is Cc1cc(S(=O)(=O)NCCCI)sc1Cl. The van der Waals surface area contributed by atoms with E-state index in [1.807, 2.05) is 0 Å². The molecule has 0 bridgehead atoms. The molecule has 0 atom stereocenters. The zero-order chi connectivity index (χ0) is 11.5. The molecule has 0 spiro atoms. The second-order valence-electron chi connectivity index (χ2n) is 2.96. The molecule has 0 aliphatic rings. The number of rotatable bonds is 5. The summed E-state index contributed by atoms with van der Waals surface area (Å²) in [6.07, 6.45) is 0.831. The van der Waals surface area contributed by atoms with Gasteiger partial charge in [0.05, 0.1) is 4.34 Å². The summed E-state index contributed by atoms with van der Waals surface area (Å²) in [5.41, 5.74) is 0.802. The van der Waals surface area contributed by atoms with Gasteiger partial charge in [-0.25, -0.2) is 13.1 Å². The van der Waals surface area contributed by atoms with Crippen molar-refractivity contribution in [2.45, 2.75) is 17.6 Å². The van der Waals surface area contributed by atoms with Crippen LogP contribution in [0.15, 0.2) is 10.3 Å². The minimum absolute atomic E-state index is 0.290. The highest BCUT2D eigenvalue weighted by atomic mass is 127. The number of thiophene rings is 1. The highest BCUT2D eigenvalue weighted by Gasteiger charge is 2.17. The minimum atomic E-state index is -3.35. The smallest absolute Gasteiger partial charge is 0.210 e. The standard InChI is InChI=1S/C8H11ClINO2S2/c1-6-5-7(14-8(6)9)15(12,13)11-4-2-3-10/h5,11H,2-4H2,1H3. The van der Waals surface area contributed by atoms with Crippen LogP contribution >= 0.6 is 45.5 Å². The maximum Gasteiger partial charge on any atom is 0.250 e. The van der Waals surface area contributed by atoms with Crippen molar-refractivity contribution >= 4 is 55.6 Å². The molecule has 0 amide bonds. The van der Waals surface area contributed by atoms with Crippen molar-refractivity contribution in [1.82, 2.24) is 4.72 Å². The summed E-state index contributed by atoms with van der Waals surface area (Å²) in [6, 6.07) is 1.60. The van der Waals surface area contributed by atoms with Gasteiger partial charge in [0, 0.05) is 11.0 Å². The highest BCUT2D eigenvalue weighted by Crippen LogP contribution is 2.29. The van der Waals surface area contributed by atoms with Crippen molar-refractivity contribution in [3.05, 3.63) is 16.0 Å². The van der Waals surface area contributed by atoms with Gasteiger partial charge in [0.25, 0.3) is 0 Å². The first kappa shape index (κ1) is 13.7. The minimum Gasteiger partial charge on any atom is -0.210 e. The molecule has 1 aromatic rings. The Morgan fingerprint density at radius 2 is 2.27 bits per heavy atom. The summed E-state index contributed by atoms with van der Waals surface area (Å²) in [5.74, 6) is 0. The van der Waals surface area contributed by atoms with Gasteiger partial charge >= 0.3 is 0 Å². The fourth-order valence-electron chi connectivity index (χ4n) is 0.909. The Labute approximate surface area is 112 Å². The van der Waals surface area contributed by atoms with E-state index in [2.05, 4.69) is 27.3 Å². The molecule has 1 N–H and O–H groups in total. The molecular weight excluding hydrogens is 369 g/mol. The first-order valence-corrected chi connectivity index (χ1v) is 8.49. The van der Waals surface area contributed by atoms with E-state index >= 15 is 0 Å². The Bertz CT molecular complexity index is 410. The Balaban J connectivity index is 2.77. The predicted octanol–water partition coefficient (Wildman–Crippen LogP) is 2.81. The van der Waals surface area contributed by atoms with Crippen LogP contribution in [-0.4, -0.2) is 19.4 Å². The lowest BCUT2D eigenvalue weighted by Gasteiger charge is -2.02. The first-order valence-electron chi connectivity index (χ1n) is 4.29. The molecule has 0 unspecified atom stereocenters. The van der Waals surface area contributed by atoms with Crippen LogP contribution < -0.4 is 4.72 Å². The lowest BCUT2D eigenvalue weighted by atomic mass is 10.4. The number of aryl methyl sites for hydroxylation is 1. The summed E-state index contributed by atoms with van der Waals surface area (Å²) in [6.45, 7) is 2.27. The summed E-state index contributed by atoms with van der Waals surface area (Å²) < 4.78 is 27.7. The van der Waals surface area contributed by atoms with Crippen molar-refractivity contribution < 1.29 is 8.42 Å². The lowest BCUT2D eigenvalue weighted by Crippen LogP contribution is -2.24. The van der Waals surface area contributed by atoms with E-state index in [1.54, 1.807) is 13.0 Å². The molecule has 1 heterocycles. The molecule has 1 rings (SSSR count). The number of halogens is 2. The second kappa shape index (κ2) is 5.81. The molecule has 0 aromatic carbocycles. The fourth-order valence-corrected chi connectivity index (χ4v) is 4.12. The van der Waals surface area contributed by atoms with Gasteiger partial charge in [-0.1, -0.05) is 34.2 Å². The Morgan fingerprint density at radius 1 is 1.60 bits per heavy atom. The molecule has 0 aliphatic heterocycles. The van der Waals surface area contributed by atoms with Crippen molar-refractivity contribution in [2.24, 2.45) is 0 Å². The van der Waals surface area contributed by atoms with E-state index < -0.39 is 10.0 Å². The Morgan fingerprint density at radius 3 is 2.73 bits per heavy atom. The highest BCUT2D eigenvalue weighted by molar-refractivity contribution is 14.1. The summed E-state index contributed by atoms with van der Waals surface area (Å²) >= 11 is 9.12. The van der Waals surface area contributed by atoms with E-state index in [9.17, 15) is 8.42 Å². The van der Waals surface area contributed by atoms with Crippen molar-refractivity contribution in [1.29, 1.82) is 0 Å². The summed E-state index contributed by atoms with van der Waals surface area (Å²) in [7, 11) is -3.35. The van der Waals surface area contributed by atoms with Gasteiger partial charge in [0.2, 0.25) is 10.0 Å². The number of sulfonamides is 1. The molecule has 0 saturated heterocycles. The Kier molecular flexibility index (Phi) is 5.30. The van der Waals surface area contributed by atoms with Crippen LogP contribution in [0.1, 0.15) is 12.0 Å². The zero-order valence-corrected chi connectivity index (χ0v) is 12.6. The van der Waals surface area contributed by atoms with Gasteiger partial charge < -0.3 is 0 Å². The van der Waals surface area contributed by atoms with E-state index in [4.69, 9.17) is 11.6 Å². The van der Waals surface area contributed by atoms with Gasteiger partial charge in [-0.2, -0.15) is 0 Å². The predicted molar refractivity (Wildman–Crippen MR) is 72.8 cm³/mol.